The van der Waals surface area contributed by atoms with Gasteiger partial charge < -0.3 is 10.4 Å². The van der Waals surface area contributed by atoms with Gasteiger partial charge in [-0.05, 0) is 31.4 Å². The van der Waals surface area contributed by atoms with Crippen molar-refractivity contribution in [2.24, 2.45) is 0 Å². The van der Waals surface area contributed by atoms with Crippen molar-refractivity contribution >= 4 is 17.2 Å². The molecule has 1 aromatic carbocycles. The zero-order chi connectivity index (χ0) is 17.0. The number of carbonyl (C=O) groups excluding carboxylic acids is 1. The Morgan fingerprint density at radius 1 is 1.30 bits per heavy atom. The van der Waals surface area contributed by atoms with Gasteiger partial charge in [-0.1, -0.05) is 42.5 Å². The summed E-state index contributed by atoms with van der Waals surface area (Å²) >= 11 is 1.14. The van der Waals surface area contributed by atoms with Crippen molar-refractivity contribution in [1.29, 1.82) is 0 Å². The highest BCUT2D eigenvalue weighted by Crippen LogP contribution is 2.14. The average Bonchev–Trinajstić information content (AvgIpc) is 2.79. The number of thiazole rings is 1. The number of benzene rings is 1. The van der Waals surface area contributed by atoms with Gasteiger partial charge in [-0.2, -0.15) is 0 Å². The lowest BCUT2D eigenvalue weighted by molar-refractivity contribution is -0.122. The molecule has 0 aliphatic rings. The van der Waals surface area contributed by atoms with Crippen molar-refractivity contribution in [1.82, 2.24) is 9.88 Å². The Morgan fingerprint density at radius 3 is 2.43 bits per heavy atom. The highest BCUT2D eigenvalue weighted by atomic mass is 32.1. The van der Waals surface area contributed by atoms with Gasteiger partial charge in [0.05, 0.1) is 12.6 Å². The van der Waals surface area contributed by atoms with E-state index in [1.807, 2.05) is 38.1 Å². The number of carbonyl (C=O) groups is 1. The lowest BCUT2D eigenvalue weighted by Gasteiger charge is -2.17. The normalized spacial score (nSPS) is 12.2. The maximum atomic E-state index is 12.2. The van der Waals surface area contributed by atoms with Crippen LogP contribution in [0, 0.1) is 13.8 Å². The lowest BCUT2D eigenvalue weighted by atomic mass is 10.0. The molecule has 23 heavy (non-hydrogen) atoms. The van der Waals surface area contributed by atoms with Crippen LogP contribution in [0.25, 0.3) is 0 Å². The predicted molar refractivity (Wildman–Crippen MR) is 91.8 cm³/mol. The SMILES string of the molecule is CCc1ccc(C(CO)NC(=O)Cn2c(C)c(C)sc2=O)cc1. The molecule has 0 fully saturated rings. The summed E-state index contributed by atoms with van der Waals surface area (Å²) in [5.74, 6) is -0.286. The zero-order valence-electron chi connectivity index (χ0n) is 13.6. The average molecular weight is 334 g/mol. The van der Waals surface area contributed by atoms with Crippen molar-refractivity contribution in [2.75, 3.05) is 6.61 Å². The van der Waals surface area contributed by atoms with Crippen LogP contribution in [0.2, 0.25) is 0 Å². The summed E-state index contributed by atoms with van der Waals surface area (Å²) in [5, 5.41) is 12.3. The van der Waals surface area contributed by atoms with Crippen LogP contribution in [0.15, 0.2) is 29.1 Å². The molecule has 1 aromatic heterocycles. The van der Waals surface area contributed by atoms with E-state index in [2.05, 4.69) is 12.2 Å². The second-order valence-corrected chi connectivity index (χ2v) is 6.66. The number of nitrogens with one attached hydrogen (secondary N) is 1. The molecule has 0 saturated heterocycles. The van der Waals surface area contributed by atoms with Crippen LogP contribution in [-0.4, -0.2) is 22.2 Å². The molecule has 2 N–H and O–H groups in total. The number of aliphatic hydroxyl groups excluding tert-OH is 1. The molecule has 0 spiro atoms. The van der Waals surface area contributed by atoms with Gasteiger partial charge in [-0.25, -0.2) is 0 Å². The molecule has 124 valence electrons. The third kappa shape index (κ3) is 4.09. The van der Waals surface area contributed by atoms with Crippen molar-refractivity contribution in [3.63, 3.8) is 0 Å². The maximum absolute atomic E-state index is 12.2. The number of rotatable bonds is 6. The van der Waals surface area contributed by atoms with Crippen molar-refractivity contribution in [3.8, 4) is 0 Å². The molecule has 1 atom stereocenters. The molecule has 1 amide bonds. The van der Waals surface area contributed by atoms with Gasteiger partial charge in [0.1, 0.15) is 6.54 Å². The summed E-state index contributed by atoms with van der Waals surface area (Å²) in [5.41, 5.74) is 2.86. The molecule has 0 saturated carbocycles. The number of nitrogens with zero attached hydrogens (tertiary/aromatic N) is 1. The Labute approximate surface area is 139 Å². The summed E-state index contributed by atoms with van der Waals surface area (Å²) < 4.78 is 1.46. The largest absolute Gasteiger partial charge is 0.394 e. The predicted octanol–water partition coefficient (Wildman–Crippen LogP) is 1.94. The van der Waals surface area contributed by atoms with Crippen LogP contribution in [0.1, 0.15) is 34.7 Å². The molecule has 0 bridgehead atoms. The summed E-state index contributed by atoms with van der Waals surface area (Å²) in [6.45, 7) is 5.55. The first-order chi connectivity index (χ1) is 11.0. The Bertz CT molecular complexity index is 731. The fourth-order valence-corrected chi connectivity index (χ4v) is 3.21. The monoisotopic (exact) mass is 334 g/mol. The molecular weight excluding hydrogens is 312 g/mol. The van der Waals surface area contributed by atoms with Gasteiger partial charge in [0.2, 0.25) is 5.91 Å². The first-order valence-corrected chi connectivity index (χ1v) is 8.43. The molecule has 1 heterocycles. The summed E-state index contributed by atoms with van der Waals surface area (Å²) in [6, 6.07) is 7.32. The molecular formula is C17H22N2O3S. The van der Waals surface area contributed by atoms with Crippen molar-refractivity contribution < 1.29 is 9.90 Å². The second kappa shape index (κ2) is 7.57. The van der Waals surface area contributed by atoms with Crippen molar-refractivity contribution in [2.45, 2.75) is 39.8 Å². The number of hydrogen-bond acceptors (Lipinski definition) is 4. The first kappa shape index (κ1) is 17.4. The van der Waals surface area contributed by atoms with Crippen LogP contribution < -0.4 is 10.2 Å². The van der Waals surface area contributed by atoms with E-state index in [1.54, 1.807) is 0 Å². The molecule has 0 radical (unpaired) electrons. The highest BCUT2D eigenvalue weighted by molar-refractivity contribution is 7.09. The Balaban J connectivity index is 2.08. The quantitative estimate of drug-likeness (QED) is 0.848. The third-order valence-corrected chi connectivity index (χ3v) is 4.98. The molecule has 0 aliphatic heterocycles. The Hall–Kier alpha value is -1.92. The van der Waals surface area contributed by atoms with Gasteiger partial charge >= 0.3 is 4.87 Å². The number of aryl methyl sites for hydroxylation is 2. The topological polar surface area (TPSA) is 71.3 Å². The van der Waals surface area contributed by atoms with E-state index in [4.69, 9.17) is 0 Å². The van der Waals surface area contributed by atoms with E-state index in [0.717, 1.165) is 33.9 Å². The fourth-order valence-electron chi connectivity index (χ4n) is 2.37. The highest BCUT2D eigenvalue weighted by Gasteiger charge is 2.16. The van der Waals surface area contributed by atoms with Crippen LogP contribution in [0.5, 0.6) is 0 Å². The van der Waals surface area contributed by atoms with Crippen molar-refractivity contribution in [3.05, 3.63) is 55.6 Å². The summed E-state index contributed by atoms with van der Waals surface area (Å²) in [6.07, 6.45) is 0.941. The zero-order valence-corrected chi connectivity index (χ0v) is 14.4. The first-order valence-electron chi connectivity index (χ1n) is 7.62. The van der Waals surface area contributed by atoms with E-state index in [0.29, 0.717) is 0 Å². The minimum atomic E-state index is -0.468. The Morgan fingerprint density at radius 2 is 1.96 bits per heavy atom. The summed E-state index contributed by atoms with van der Waals surface area (Å²) in [7, 11) is 0. The van der Waals surface area contributed by atoms with Crippen LogP contribution in [0.3, 0.4) is 0 Å². The van der Waals surface area contributed by atoms with E-state index in [1.165, 1.54) is 10.1 Å². The third-order valence-electron chi connectivity index (χ3n) is 3.99. The van der Waals surface area contributed by atoms with Crippen LogP contribution in [0.4, 0.5) is 0 Å². The standard InChI is InChI=1S/C17H22N2O3S/c1-4-13-5-7-14(8-6-13)15(10-20)18-16(21)9-19-11(2)12(3)23-17(19)22/h5-8,15,20H,4,9-10H2,1-3H3,(H,18,21). The minimum absolute atomic E-state index is 0.0292. The van der Waals surface area contributed by atoms with E-state index < -0.39 is 6.04 Å². The molecule has 2 aromatic rings. The number of aromatic nitrogens is 1. The van der Waals surface area contributed by atoms with Gasteiger partial charge in [0.15, 0.2) is 0 Å². The van der Waals surface area contributed by atoms with Gasteiger partial charge in [0, 0.05) is 10.6 Å². The van der Waals surface area contributed by atoms with E-state index in [-0.39, 0.29) is 23.9 Å². The van der Waals surface area contributed by atoms with Crippen LogP contribution >= 0.6 is 11.3 Å². The number of aliphatic hydroxyl groups is 1. The fraction of sp³-hybridized carbons (Fsp3) is 0.412. The van der Waals surface area contributed by atoms with Crippen LogP contribution in [-0.2, 0) is 17.8 Å². The molecule has 1 unspecified atom stereocenters. The maximum Gasteiger partial charge on any atom is 0.308 e. The second-order valence-electron chi connectivity index (χ2n) is 5.49. The lowest BCUT2D eigenvalue weighted by Crippen LogP contribution is -2.35. The Kier molecular flexibility index (Phi) is 5.74. The minimum Gasteiger partial charge on any atom is -0.394 e. The molecule has 0 aliphatic carbocycles. The van der Waals surface area contributed by atoms with Gasteiger partial charge in [-0.15, -0.1) is 0 Å². The smallest absolute Gasteiger partial charge is 0.308 e. The van der Waals surface area contributed by atoms with Gasteiger partial charge in [-0.3, -0.25) is 14.2 Å². The molecule has 6 heteroatoms. The molecule has 5 nitrogen and oxygen atoms in total. The summed E-state index contributed by atoms with van der Waals surface area (Å²) in [4.78, 5) is 24.8. The number of amides is 1. The molecule has 2 rings (SSSR count). The van der Waals surface area contributed by atoms with E-state index >= 15 is 0 Å². The van der Waals surface area contributed by atoms with E-state index in [9.17, 15) is 14.7 Å². The number of hydrogen-bond donors (Lipinski definition) is 2. The van der Waals surface area contributed by atoms with Gasteiger partial charge in [0.25, 0.3) is 0 Å².